The normalized spacial score (nSPS) is 11.4. The molecule has 67 heavy (non-hydrogen) atoms. The summed E-state index contributed by atoms with van der Waals surface area (Å²) in [7, 11) is -7.54. The third kappa shape index (κ3) is 13.7. The van der Waals surface area contributed by atoms with Gasteiger partial charge in [-0.15, -0.1) is 20.4 Å². The van der Waals surface area contributed by atoms with Crippen molar-refractivity contribution in [3.63, 3.8) is 0 Å². The zero-order valence-corrected chi connectivity index (χ0v) is 40.6. The molecular weight excluding hydrogens is 929 g/mol. The molecule has 7 rings (SSSR count). The molecule has 0 aliphatic rings. The molecule has 0 fully saturated rings. The van der Waals surface area contributed by atoms with Gasteiger partial charge in [0.2, 0.25) is 30.3 Å². The van der Waals surface area contributed by atoms with Gasteiger partial charge in [-0.3, -0.25) is 19.4 Å². The summed E-state index contributed by atoms with van der Waals surface area (Å²) >= 11 is 2.56. The molecule has 7 aromatic rings. The van der Waals surface area contributed by atoms with Crippen LogP contribution in [0.5, 0.6) is 5.75 Å². The Morgan fingerprint density at radius 1 is 0.507 bits per heavy atom. The molecule has 0 bridgehead atoms. The highest BCUT2D eigenvalue weighted by Gasteiger charge is 2.24. The van der Waals surface area contributed by atoms with Crippen LogP contribution in [-0.4, -0.2) is 68.7 Å². The molecule has 0 radical (unpaired) electrons. The van der Waals surface area contributed by atoms with Crippen molar-refractivity contribution in [2.24, 2.45) is 10.3 Å². The number of sulfonamides is 2. The Morgan fingerprint density at radius 3 is 1.30 bits per heavy atom. The number of primary sulfonamides is 2. The van der Waals surface area contributed by atoms with E-state index in [0.29, 0.717) is 62.2 Å². The van der Waals surface area contributed by atoms with E-state index < -0.39 is 20.0 Å². The fourth-order valence-corrected chi connectivity index (χ4v) is 9.21. The number of benzene rings is 5. The van der Waals surface area contributed by atoms with E-state index in [9.17, 15) is 26.4 Å². The number of ether oxygens (including phenoxy) is 1. The second-order valence-corrected chi connectivity index (χ2v) is 20.2. The maximum Gasteiger partial charge on any atom is 0.260 e. The number of anilines is 2. The van der Waals surface area contributed by atoms with Crippen molar-refractivity contribution in [1.82, 2.24) is 20.4 Å². The highest BCUT2D eigenvalue weighted by Crippen LogP contribution is 2.32. The van der Waals surface area contributed by atoms with Crippen molar-refractivity contribution in [1.29, 1.82) is 0 Å². The molecule has 0 spiro atoms. The first-order valence-corrected chi connectivity index (χ1v) is 26.4. The molecule has 19 heteroatoms. The van der Waals surface area contributed by atoms with E-state index in [4.69, 9.17) is 15.0 Å². The molecular formula is C48H52N8O7S4. The number of aromatic nitrogens is 4. The van der Waals surface area contributed by atoms with Gasteiger partial charge < -0.3 is 4.74 Å². The van der Waals surface area contributed by atoms with Crippen molar-refractivity contribution in [2.45, 2.75) is 69.1 Å². The van der Waals surface area contributed by atoms with Gasteiger partial charge in [0.05, 0.1) is 16.4 Å². The molecule has 0 unspecified atom stereocenters. The summed E-state index contributed by atoms with van der Waals surface area (Å²) in [5.74, 6) is 0.442. The average Bonchev–Trinajstić information content (AvgIpc) is 4.04. The average molecular weight is 981 g/mol. The summed E-state index contributed by atoms with van der Waals surface area (Å²) in [6.45, 7) is 7.92. The summed E-state index contributed by atoms with van der Waals surface area (Å²) in [6, 6.07) is 36.9. The highest BCUT2D eigenvalue weighted by molar-refractivity contribution is 7.89. The SMILES string of the molecule is CCCCN(C(=O)c1ccc(-c2ccccc2)cc1)c1nnc(-c2ccc(S(N)(=O)=O)cc2)s1.CCCCOc1ccc(C(=O)N(CCCC)c2nnc(-c3ccc(S(N)(=O)=O)cc3)s2)cc1. The molecule has 15 nitrogen and oxygen atoms in total. The zero-order chi connectivity index (χ0) is 48.0. The summed E-state index contributed by atoms with van der Waals surface area (Å²) in [4.78, 5) is 30.0. The van der Waals surface area contributed by atoms with Crippen molar-refractivity contribution in [3.05, 3.63) is 139 Å². The predicted molar refractivity (Wildman–Crippen MR) is 265 cm³/mol. The van der Waals surface area contributed by atoms with Gasteiger partial charge in [0.15, 0.2) is 0 Å². The number of unbranched alkanes of at least 4 members (excludes halogenated alkanes) is 3. The van der Waals surface area contributed by atoms with E-state index >= 15 is 0 Å². The van der Waals surface area contributed by atoms with Crippen molar-refractivity contribution in [2.75, 3.05) is 29.5 Å². The Hall–Kier alpha value is -6.22. The molecule has 0 aliphatic heterocycles. The van der Waals surface area contributed by atoms with Gasteiger partial charge in [0.1, 0.15) is 15.8 Å². The van der Waals surface area contributed by atoms with E-state index in [0.717, 1.165) is 55.4 Å². The minimum atomic E-state index is -3.77. The number of amides is 2. The number of rotatable bonds is 19. The summed E-state index contributed by atoms with van der Waals surface area (Å²) in [5, 5.41) is 29.4. The first-order valence-electron chi connectivity index (χ1n) is 21.7. The Morgan fingerprint density at radius 2 is 0.896 bits per heavy atom. The second kappa shape index (κ2) is 23.5. The van der Waals surface area contributed by atoms with Crippen LogP contribution in [-0.2, 0) is 20.0 Å². The first-order chi connectivity index (χ1) is 32.2. The van der Waals surface area contributed by atoms with Crippen LogP contribution in [0.3, 0.4) is 0 Å². The number of hydrogen-bond donors (Lipinski definition) is 2. The van der Waals surface area contributed by atoms with Crippen LogP contribution < -0.4 is 24.8 Å². The van der Waals surface area contributed by atoms with Gasteiger partial charge in [0.25, 0.3) is 11.8 Å². The van der Waals surface area contributed by atoms with E-state index in [1.807, 2.05) is 54.6 Å². The Kier molecular flexibility index (Phi) is 17.6. The minimum absolute atomic E-state index is 0.0258. The minimum Gasteiger partial charge on any atom is -0.494 e. The van der Waals surface area contributed by atoms with Crippen LogP contribution >= 0.6 is 22.7 Å². The topological polar surface area (TPSA) is 222 Å². The third-order valence-corrected chi connectivity index (χ3v) is 14.1. The molecule has 0 saturated heterocycles. The van der Waals surface area contributed by atoms with E-state index in [2.05, 4.69) is 41.2 Å². The van der Waals surface area contributed by atoms with Crippen LogP contribution in [0.15, 0.2) is 137 Å². The molecule has 2 heterocycles. The monoisotopic (exact) mass is 980 g/mol. The maximum absolute atomic E-state index is 13.4. The summed E-state index contributed by atoms with van der Waals surface area (Å²) in [6.07, 6.45) is 5.54. The van der Waals surface area contributed by atoms with Crippen molar-refractivity contribution in [3.8, 4) is 38.0 Å². The van der Waals surface area contributed by atoms with Gasteiger partial charge >= 0.3 is 0 Å². The van der Waals surface area contributed by atoms with E-state index in [-0.39, 0.29) is 21.6 Å². The van der Waals surface area contributed by atoms with Crippen molar-refractivity contribution < 1.29 is 31.2 Å². The third-order valence-electron chi connectivity index (χ3n) is 10.2. The summed E-state index contributed by atoms with van der Waals surface area (Å²) in [5.41, 5.74) is 4.65. The van der Waals surface area contributed by atoms with Crippen molar-refractivity contribution >= 4 is 64.8 Å². The molecule has 4 N–H and O–H groups in total. The number of carbonyl (C=O) groups excluding carboxylic acids is 2. The summed E-state index contributed by atoms with van der Waals surface area (Å²) < 4.78 is 51.6. The molecule has 5 aromatic carbocycles. The second-order valence-electron chi connectivity index (χ2n) is 15.2. The lowest BCUT2D eigenvalue weighted by molar-refractivity contribution is 0.0978. The fraction of sp³-hybridized carbons (Fsp3) is 0.250. The van der Waals surface area contributed by atoms with Gasteiger partial charge in [-0.1, -0.05) is 129 Å². The molecule has 0 aliphatic carbocycles. The Balaban J connectivity index is 0.000000221. The number of nitrogens with two attached hydrogens (primary N) is 2. The van der Waals surface area contributed by atoms with E-state index in [1.165, 1.54) is 46.9 Å². The number of nitrogens with zero attached hydrogens (tertiary/aromatic N) is 6. The van der Waals surface area contributed by atoms with Gasteiger partial charge in [-0.25, -0.2) is 27.1 Å². The Bertz CT molecular complexity index is 2930. The van der Waals surface area contributed by atoms with Crippen LogP contribution in [0, 0.1) is 0 Å². The lowest BCUT2D eigenvalue weighted by atomic mass is 10.0. The van der Waals surface area contributed by atoms with Gasteiger partial charge in [-0.2, -0.15) is 0 Å². The van der Waals surface area contributed by atoms with Crippen LogP contribution in [0.1, 0.15) is 80.0 Å². The molecule has 0 atom stereocenters. The quantitative estimate of drug-likeness (QED) is 0.0727. The zero-order valence-electron chi connectivity index (χ0n) is 37.3. The molecule has 2 amide bonds. The van der Waals surface area contributed by atoms with Crippen LogP contribution in [0.2, 0.25) is 0 Å². The lowest BCUT2D eigenvalue weighted by Crippen LogP contribution is -2.31. The number of hydrogen-bond acceptors (Lipinski definition) is 13. The maximum atomic E-state index is 13.4. The standard InChI is InChI=1S/C25H24N4O3S2.C23H28N4O4S2/c1-2-3-17-29(24(30)21-11-9-19(10-12-21)18-7-5-4-6-8-18)25-28-27-23(33-25)20-13-15-22(16-14-20)34(26,31)32;1-3-5-15-27(22(28)18-7-11-19(12-8-18)31-16-6-4-2)23-26-25-21(32-23)17-9-13-20(14-10-17)33(24,29)30/h4-16H,2-3,17H2,1H3,(H2,26,31,32);7-14H,3-6,15-16H2,1-2H3,(H2,24,29,30). The Labute approximate surface area is 399 Å². The number of carbonyl (C=O) groups is 2. The molecule has 2 aromatic heterocycles. The smallest absolute Gasteiger partial charge is 0.260 e. The van der Waals surface area contributed by atoms with Gasteiger partial charge in [0, 0.05) is 35.3 Å². The molecule has 0 saturated carbocycles. The van der Waals surface area contributed by atoms with Crippen LogP contribution in [0.4, 0.5) is 10.3 Å². The fourth-order valence-electron chi connectivity index (χ4n) is 6.43. The predicted octanol–water partition coefficient (Wildman–Crippen LogP) is 9.44. The highest BCUT2D eigenvalue weighted by atomic mass is 32.2. The van der Waals surface area contributed by atoms with E-state index in [1.54, 1.807) is 58.3 Å². The first kappa shape index (κ1) is 50.2. The van der Waals surface area contributed by atoms with Gasteiger partial charge in [-0.05, 0) is 91.1 Å². The lowest BCUT2D eigenvalue weighted by Gasteiger charge is -2.19. The van der Waals surface area contributed by atoms with Crippen LogP contribution in [0.25, 0.3) is 32.3 Å². The largest absolute Gasteiger partial charge is 0.494 e. The molecule has 350 valence electrons.